The third-order valence-corrected chi connectivity index (χ3v) is 4.63. The van der Waals surface area contributed by atoms with Gasteiger partial charge >= 0.3 is 0 Å². The molecule has 0 atom stereocenters. The highest BCUT2D eigenvalue weighted by Gasteiger charge is 1.97. The first-order valence-corrected chi connectivity index (χ1v) is 10.3. The predicted molar refractivity (Wildman–Crippen MR) is 115 cm³/mol. The maximum absolute atomic E-state index is 13.7. The van der Waals surface area contributed by atoms with Gasteiger partial charge in [0.2, 0.25) is 0 Å². The lowest BCUT2D eigenvalue weighted by atomic mass is 10.0. The van der Waals surface area contributed by atoms with Crippen LogP contribution in [0.5, 0.6) is 0 Å². The van der Waals surface area contributed by atoms with Gasteiger partial charge in [-0.3, -0.25) is 0 Å². The number of halogens is 1. The highest BCUT2D eigenvalue weighted by Crippen LogP contribution is 2.15. The molecule has 0 bridgehead atoms. The molecule has 2 aromatic carbocycles. The summed E-state index contributed by atoms with van der Waals surface area (Å²) in [5, 5.41) is 0. The molecule has 0 heterocycles. The lowest BCUT2D eigenvalue weighted by Crippen LogP contribution is -1.86. The van der Waals surface area contributed by atoms with E-state index in [0.717, 1.165) is 36.0 Å². The minimum Gasteiger partial charge on any atom is -0.212 e. The molecule has 0 unspecified atom stereocenters. The molecule has 0 nitrogen and oxygen atoms in total. The van der Waals surface area contributed by atoms with Gasteiger partial charge in [0.15, 0.2) is 0 Å². The van der Waals surface area contributed by atoms with Crippen molar-refractivity contribution in [1.29, 1.82) is 0 Å². The van der Waals surface area contributed by atoms with Gasteiger partial charge in [0, 0.05) is 11.1 Å². The Morgan fingerprint density at radius 1 is 0.778 bits per heavy atom. The van der Waals surface area contributed by atoms with E-state index in [-0.39, 0.29) is 5.83 Å². The Morgan fingerprint density at radius 3 is 1.96 bits per heavy atom. The van der Waals surface area contributed by atoms with E-state index in [2.05, 4.69) is 50.0 Å². The van der Waals surface area contributed by atoms with Gasteiger partial charge in [0.1, 0.15) is 5.83 Å². The normalized spacial score (nSPS) is 11.1. The first-order valence-electron chi connectivity index (χ1n) is 10.3. The molecule has 0 fully saturated rings. The highest BCUT2D eigenvalue weighted by atomic mass is 19.1. The van der Waals surface area contributed by atoms with Crippen molar-refractivity contribution in [1.82, 2.24) is 0 Å². The van der Waals surface area contributed by atoms with Crippen LogP contribution in [-0.4, -0.2) is 0 Å². The Hall–Kier alpha value is -2.33. The van der Waals surface area contributed by atoms with E-state index >= 15 is 0 Å². The Bertz CT molecular complexity index is 755. The van der Waals surface area contributed by atoms with E-state index in [1.807, 2.05) is 24.3 Å². The SMILES string of the molecule is CCCCCCc1ccc(C#Cc2ccc(/C=C(/F)CCCC)cc2)cc1. The van der Waals surface area contributed by atoms with Gasteiger partial charge in [-0.15, -0.1) is 0 Å². The van der Waals surface area contributed by atoms with E-state index in [1.165, 1.54) is 31.2 Å². The molecule has 0 radical (unpaired) electrons. The fourth-order valence-electron chi connectivity index (χ4n) is 2.92. The number of unbranched alkanes of at least 4 members (excludes halogenated alkanes) is 4. The van der Waals surface area contributed by atoms with Crippen LogP contribution in [0.3, 0.4) is 0 Å². The Labute approximate surface area is 164 Å². The molecule has 0 aliphatic carbocycles. The van der Waals surface area contributed by atoms with Crippen LogP contribution < -0.4 is 0 Å². The second-order valence-electron chi connectivity index (χ2n) is 7.07. The van der Waals surface area contributed by atoms with E-state index in [0.29, 0.717) is 6.42 Å². The molecular weight excluding hydrogens is 331 g/mol. The first-order chi connectivity index (χ1) is 13.2. The Balaban J connectivity index is 1.91. The van der Waals surface area contributed by atoms with Crippen LogP contribution >= 0.6 is 0 Å². The van der Waals surface area contributed by atoms with E-state index < -0.39 is 0 Å². The summed E-state index contributed by atoms with van der Waals surface area (Å²) in [5.74, 6) is 6.35. The van der Waals surface area contributed by atoms with Crippen molar-refractivity contribution in [3.63, 3.8) is 0 Å². The molecule has 0 N–H and O–H groups in total. The lowest BCUT2D eigenvalue weighted by Gasteiger charge is -2.01. The van der Waals surface area contributed by atoms with Crippen molar-refractivity contribution >= 4 is 6.08 Å². The van der Waals surface area contributed by atoms with Crippen molar-refractivity contribution in [3.05, 3.63) is 76.6 Å². The molecule has 0 spiro atoms. The van der Waals surface area contributed by atoms with Crippen LogP contribution in [0, 0.1) is 11.8 Å². The zero-order valence-corrected chi connectivity index (χ0v) is 16.7. The van der Waals surface area contributed by atoms with Crippen LogP contribution in [0.25, 0.3) is 6.08 Å². The number of allylic oxidation sites excluding steroid dienone is 1. The summed E-state index contributed by atoms with van der Waals surface area (Å²) in [6.45, 7) is 4.31. The fraction of sp³-hybridized carbons (Fsp3) is 0.385. The molecule has 27 heavy (non-hydrogen) atoms. The summed E-state index contributed by atoms with van der Waals surface area (Å²) in [5.41, 5.74) is 4.26. The zero-order chi connectivity index (χ0) is 19.3. The standard InChI is InChI=1S/C26H31F/c1-3-5-7-8-9-22-11-13-23(14-12-22)15-16-24-17-19-25(20-18-24)21-26(27)10-6-4-2/h11-14,17-21H,3-10H2,1-2H3/b26-21+. The summed E-state index contributed by atoms with van der Waals surface area (Å²) < 4.78 is 13.7. The Morgan fingerprint density at radius 2 is 1.37 bits per heavy atom. The van der Waals surface area contributed by atoms with Gasteiger partial charge < -0.3 is 0 Å². The summed E-state index contributed by atoms with van der Waals surface area (Å²) >= 11 is 0. The van der Waals surface area contributed by atoms with Crippen LogP contribution in [0.2, 0.25) is 0 Å². The number of hydrogen-bond acceptors (Lipinski definition) is 0. The molecule has 0 saturated carbocycles. The minimum atomic E-state index is -0.0505. The van der Waals surface area contributed by atoms with E-state index in [1.54, 1.807) is 6.08 Å². The third kappa shape index (κ3) is 8.27. The third-order valence-electron chi connectivity index (χ3n) is 4.63. The molecule has 0 aliphatic heterocycles. The minimum absolute atomic E-state index is 0.0505. The predicted octanol–water partition coefficient (Wildman–Crippen LogP) is 7.71. The van der Waals surface area contributed by atoms with Crippen LogP contribution in [-0.2, 0) is 6.42 Å². The second-order valence-corrected chi connectivity index (χ2v) is 7.07. The van der Waals surface area contributed by atoms with Crippen molar-refractivity contribution in [2.75, 3.05) is 0 Å². The summed E-state index contributed by atoms with van der Waals surface area (Å²) in [4.78, 5) is 0. The monoisotopic (exact) mass is 362 g/mol. The fourth-order valence-corrected chi connectivity index (χ4v) is 2.92. The van der Waals surface area contributed by atoms with Gasteiger partial charge in [0.05, 0.1) is 0 Å². The van der Waals surface area contributed by atoms with E-state index in [9.17, 15) is 4.39 Å². The zero-order valence-electron chi connectivity index (χ0n) is 16.7. The highest BCUT2D eigenvalue weighted by molar-refractivity contribution is 5.53. The van der Waals surface area contributed by atoms with Crippen molar-refractivity contribution < 1.29 is 4.39 Å². The molecule has 2 rings (SSSR count). The molecule has 2 aromatic rings. The number of hydrogen-bond donors (Lipinski definition) is 0. The average molecular weight is 363 g/mol. The van der Waals surface area contributed by atoms with Gasteiger partial charge in [-0.1, -0.05) is 75.6 Å². The largest absolute Gasteiger partial charge is 0.212 e. The van der Waals surface area contributed by atoms with Gasteiger partial charge in [-0.05, 0) is 67.2 Å². The maximum atomic E-state index is 13.7. The molecular formula is C26H31F. The molecule has 0 aromatic heterocycles. The molecule has 142 valence electrons. The van der Waals surface area contributed by atoms with E-state index in [4.69, 9.17) is 0 Å². The summed E-state index contributed by atoms with van der Waals surface area (Å²) in [6.07, 6.45) is 10.4. The van der Waals surface area contributed by atoms with Crippen molar-refractivity contribution in [3.8, 4) is 11.8 Å². The Kier molecular flexibility index (Phi) is 9.42. The van der Waals surface area contributed by atoms with Crippen LogP contribution in [0.15, 0.2) is 54.4 Å². The quantitative estimate of drug-likeness (QED) is 0.316. The number of benzene rings is 2. The summed E-state index contributed by atoms with van der Waals surface area (Å²) in [6, 6.07) is 16.3. The topological polar surface area (TPSA) is 0 Å². The average Bonchev–Trinajstić information content (AvgIpc) is 2.70. The van der Waals surface area contributed by atoms with Gasteiger partial charge in [-0.2, -0.15) is 0 Å². The molecule has 0 aliphatic rings. The summed E-state index contributed by atoms with van der Waals surface area (Å²) in [7, 11) is 0. The number of rotatable bonds is 9. The van der Waals surface area contributed by atoms with Crippen LogP contribution in [0.1, 0.15) is 81.0 Å². The van der Waals surface area contributed by atoms with Crippen molar-refractivity contribution in [2.24, 2.45) is 0 Å². The van der Waals surface area contributed by atoms with Crippen LogP contribution in [0.4, 0.5) is 4.39 Å². The van der Waals surface area contributed by atoms with Gasteiger partial charge in [0.25, 0.3) is 0 Å². The smallest absolute Gasteiger partial charge is 0.101 e. The second kappa shape index (κ2) is 12.1. The lowest BCUT2D eigenvalue weighted by molar-refractivity contribution is 0.577. The molecule has 0 amide bonds. The number of aryl methyl sites for hydroxylation is 1. The molecule has 1 heteroatoms. The van der Waals surface area contributed by atoms with Crippen molar-refractivity contribution in [2.45, 2.75) is 65.2 Å². The maximum Gasteiger partial charge on any atom is 0.101 e. The van der Waals surface area contributed by atoms with Gasteiger partial charge in [-0.25, -0.2) is 4.39 Å². The first kappa shape index (κ1) is 21.0. The molecule has 0 saturated heterocycles.